The number of hydrogen-bond acceptors (Lipinski definition) is 2. The van der Waals surface area contributed by atoms with Gasteiger partial charge in [0.05, 0.1) is 7.11 Å². The van der Waals surface area contributed by atoms with Gasteiger partial charge in [0.15, 0.2) is 0 Å². The van der Waals surface area contributed by atoms with Crippen LogP contribution in [0.2, 0.25) is 0 Å². The van der Waals surface area contributed by atoms with E-state index >= 15 is 0 Å². The number of fused-ring (bicyclic) bond motifs is 1. The number of benzene rings is 1. The molecule has 1 N–H and O–H groups in total. The highest BCUT2D eigenvalue weighted by molar-refractivity contribution is 5.44. The third-order valence-corrected chi connectivity index (χ3v) is 4.87. The molecule has 1 atom stereocenters. The predicted octanol–water partition coefficient (Wildman–Crippen LogP) is 3.65. The van der Waals surface area contributed by atoms with Crippen molar-refractivity contribution in [1.82, 2.24) is 5.32 Å². The van der Waals surface area contributed by atoms with Crippen LogP contribution in [0.15, 0.2) is 12.1 Å². The molecule has 3 rings (SSSR count). The van der Waals surface area contributed by atoms with E-state index in [4.69, 9.17) is 4.74 Å². The number of rotatable bonds is 3. The van der Waals surface area contributed by atoms with Gasteiger partial charge in [-0.2, -0.15) is 0 Å². The molecular formula is C18H27NO. The normalized spacial score (nSPS) is 22.9. The summed E-state index contributed by atoms with van der Waals surface area (Å²) in [5.41, 5.74) is 4.52. The van der Waals surface area contributed by atoms with Gasteiger partial charge in [-0.25, -0.2) is 0 Å². The maximum atomic E-state index is 5.67. The van der Waals surface area contributed by atoms with Gasteiger partial charge in [-0.3, -0.25) is 0 Å². The molecule has 20 heavy (non-hydrogen) atoms. The topological polar surface area (TPSA) is 21.3 Å². The van der Waals surface area contributed by atoms with Crippen LogP contribution in [0.3, 0.4) is 0 Å². The second kappa shape index (κ2) is 6.62. The second-order valence-corrected chi connectivity index (χ2v) is 6.34. The summed E-state index contributed by atoms with van der Waals surface area (Å²) in [4.78, 5) is 0. The first kappa shape index (κ1) is 13.9. The highest BCUT2D eigenvalue weighted by atomic mass is 16.5. The predicted molar refractivity (Wildman–Crippen MR) is 83.6 cm³/mol. The zero-order valence-corrected chi connectivity index (χ0v) is 12.7. The van der Waals surface area contributed by atoms with Crippen LogP contribution in [0.25, 0.3) is 0 Å². The second-order valence-electron chi connectivity index (χ2n) is 6.34. The maximum Gasteiger partial charge on any atom is 0.122 e. The molecule has 0 spiro atoms. The van der Waals surface area contributed by atoms with Crippen molar-refractivity contribution in [3.8, 4) is 5.75 Å². The molecule has 1 saturated heterocycles. The molecule has 1 aliphatic heterocycles. The first-order valence-corrected chi connectivity index (χ1v) is 8.29. The Morgan fingerprint density at radius 3 is 2.55 bits per heavy atom. The van der Waals surface area contributed by atoms with Crippen molar-refractivity contribution in [2.24, 2.45) is 0 Å². The van der Waals surface area contributed by atoms with E-state index < -0.39 is 0 Å². The lowest BCUT2D eigenvalue weighted by atomic mass is 9.93. The zero-order valence-electron chi connectivity index (χ0n) is 12.7. The van der Waals surface area contributed by atoms with Crippen LogP contribution in [0.4, 0.5) is 0 Å². The van der Waals surface area contributed by atoms with Crippen molar-refractivity contribution >= 4 is 0 Å². The standard InChI is InChI=1S/C18H27NO/c1-20-18-13-15-8-4-2-3-7-14(15)11-16(18)12-17-9-5-6-10-19-17/h11,13,17,19H,2-10,12H2,1H3. The first-order valence-electron chi connectivity index (χ1n) is 8.29. The summed E-state index contributed by atoms with van der Waals surface area (Å²) in [7, 11) is 1.82. The Hall–Kier alpha value is -1.02. The molecule has 1 aliphatic carbocycles. The van der Waals surface area contributed by atoms with E-state index in [0.29, 0.717) is 6.04 Å². The Bertz CT molecular complexity index is 449. The van der Waals surface area contributed by atoms with Gasteiger partial charge in [0.1, 0.15) is 5.75 Å². The number of aryl methyl sites for hydroxylation is 2. The number of methoxy groups -OCH3 is 1. The fourth-order valence-electron chi connectivity index (χ4n) is 3.70. The van der Waals surface area contributed by atoms with Crippen molar-refractivity contribution in [1.29, 1.82) is 0 Å². The molecule has 0 saturated carbocycles. The van der Waals surface area contributed by atoms with Crippen LogP contribution in [-0.2, 0) is 19.3 Å². The molecule has 0 radical (unpaired) electrons. The summed E-state index contributed by atoms with van der Waals surface area (Å²) in [5.74, 6) is 1.11. The van der Waals surface area contributed by atoms with Crippen molar-refractivity contribution < 1.29 is 4.74 Å². The van der Waals surface area contributed by atoms with E-state index in [1.165, 1.54) is 69.0 Å². The van der Waals surface area contributed by atoms with E-state index in [0.717, 1.165) is 12.2 Å². The quantitative estimate of drug-likeness (QED) is 0.849. The molecule has 1 heterocycles. The van der Waals surface area contributed by atoms with Crippen molar-refractivity contribution in [3.05, 3.63) is 28.8 Å². The highest BCUT2D eigenvalue weighted by Gasteiger charge is 2.18. The van der Waals surface area contributed by atoms with E-state index in [-0.39, 0.29) is 0 Å². The molecule has 2 heteroatoms. The summed E-state index contributed by atoms with van der Waals surface area (Å²) in [5, 5.41) is 3.66. The Balaban J connectivity index is 1.82. The van der Waals surface area contributed by atoms with Crippen molar-refractivity contribution in [2.45, 2.75) is 63.8 Å². The van der Waals surface area contributed by atoms with Gasteiger partial charge < -0.3 is 10.1 Å². The van der Waals surface area contributed by atoms with Gasteiger partial charge >= 0.3 is 0 Å². The van der Waals surface area contributed by atoms with Gasteiger partial charge in [0.2, 0.25) is 0 Å². The first-order chi connectivity index (χ1) is 9.86. The van der Waals surface area contributed by atoms with Crippen LogP contribution in [0.5, 0.6) is 5.75 Å². The smallest absolute Gasteiger partial charge is 0.122 e. The van der Waals surface area contributed by atoms with Crippen LogP contribution in [-0.4, -0.2) is 19.7 Å². The molecular weight excluding hydrogens is 246 g/mol. The lowest BCUT2D eigenvalue weighted by molar-refractivity contribution is 0.381. The molecule has 2 nitrogen and oxygen atoms in total. The third kappa shape index (κ3) is 3.17. The van der Waals surface area contributed by atoms with Gasteiger partial charge in [0, 0.05) is 6.04 Å². The minimum Gasteiger partial charge on any atom is -0.496 e. The van der Waals surface area contributed by atoms with E-state index in [1.54, 1.807) is 5.56 Å². The number of piperidine rings is 1. The van der Waals surface area contributed by atoms with Gasteiger partial charge in [-0.15, -0.1) is 0 Å². The molecule has 2 aliphatic rings. The van der Waals surface area contributed by atoms with Crippen LogP contribution >= 0.6 is 0 Å². The highest BCUT2D eigenvalue weighted by Crippen LogP contribution is 2.30. The minimum absolute atomic E-state index is 0.640. The summed E-state index contributed by atoms with van der Waals surface area (Å²) in [6, 6.07) is 5.40. The minimum atomic E-state index is 0.640. The molecule has 0 amide bonds. The van der Waals surface area contributed by atoms with Crippen LogP contribution < -0.4 is 10.1 Å². The van der Waals surface area contributed by atoms with Gasteiger partial charge in [0.25, 0.3) is 0 Å². The Kier molecular flexibility index (Phi) is 4.62. The molecule has 0 bridgehead atoms. The maximum absolute atomic E-state index is 5.67. The monoisotopic (exact) mass is 273 g/mol. The fourth-order valence-corrected chi connectivity index (χ4v) is 3.70. The summed E-state index contributed by atoms with van der Waals surface area (Å²) in [6.07, 6.45) is 11.7. The molecule has 1 fully saturated rings. The van der Waals surface area contributed by atoms with Gasteiger partial charge in [-0.05, 0) is 74.2 Å². The number of hydrogen-bond donors (Lipinski definition) is 1. The average molecular weight is 273 g/mol. The average Bonchev–Trinajstić information content (AvgIpc) is 2.72. The molecule has 110 valence electrons. The fraction of sp³-hybridized carbons (Fsp3) is 0.667. The molecule has 0 aromatic heterocycles. The Morgan fingerprint density at radius 2 is 1.85 bits per heavy atom. The van der Waals surface area contributed by atoms with Crippen LogP contribution in [0, 0.1) is 0 Å². The molecule has 1 aromatic carbocycles. The van der Waals surface area contributed by atoms with Crippen molar-refractivity contribution in [3.63, 3.8) is 0 Å². The van der Waals surface area contributed by atoms with E-state index in [2.05, 4.69) is 17.4 Å². The van der Waals surface area contributed by atoms with Crippen molar-refractivity contribution in [2.75, 3.05) is 13.7 Å². The zero-order chi connectivity index (χ0) is 13.8. The third-order valence-electron chi connectivity index (χ3n) is 4.87. The lowest BCUT2D eigenvalue weighted by Crippen LogP contribution is -2.35. The van der Waals surface area contributed by atoms with Crippen LogP contribution in [0.1, 0.15) is 55.2 Å². The Labute approximate surface area is 122 Å². The summed E-state index contributed by atoms with van der Waals surface area (Å²) in [6.45, 7) is 1.18. The van der Waals surface area contributed by atoms with E-state index in [1.807, 2.05) is 7.11 Å². The lowest BCUT2D eigenvalue weighted by Gasteiger charge is -2.25. The number of nitrogens with one attached hydrogen (secondary N) is 1. The Morgan fingerprint density at radius 1 is 1.05 bits per heavy atom. The summed E-state index contributed by atoms with van der Waals surface area (Å²) >= 11 is 0. The van der Waals surface area contributed by atoms with E-state index in [9.17, 15) is 0 Å². The molecule has 1 aromatic rings. The molecule has 1 unspecified atom stereocenters. The van der Waals surface area contributed by atoms with Gasteiger partial charge in [-0.1, -0.05) is 18.9 Å². The number of ether oxygens (including phenoxy) is 1. The SMILES string of the molecule is COc1cc2c(cc1CC1CCCCN1)CCCCC2. The summed E-state index contributed by atoms with van der Waals surface area (Å²) < 4.78 is 5.67. The largest absolute Gasteiger partial charge is 0.496 e.